The lowest BCUT2D eigenvalue weighted by molar-refractivity contribution is 0.103. The largest absolute Gasteiger partial charge is 0.289 e. The summed E-state index contributed by atoms with van der Waals surface area (Å²) in [4.78, 5) is 12.3. The number of hydrogen-bond acceptors (Lipinski definition) is 1. The second kappa shape index (κ2) is 4.91. The van der Waals surface area contributed by atoms with Gasteiger partial charge in [0.1, 0.15) is 5.82 Å². The van der Waals surface area contributed by atoms with Crippen LogP contribution in [0.4, 0.5) is 4.39 Å². The van der Waals surface area contributed by atoms with Gasteiger partial charge in [-0.05, 0) is 43.2 Å². The zero-order chi connectivity index (χ0) is 13.3. The highest BCUT2D eigenvalue weighted by molar-refractivity contribution is 6.35. The monoisotopic (exact) mass is 262 g/mol. The predicted molar refractivity (Wildman–Crippen MR) is 70.8 cm³/mol. The molecule has 0 atom stereocenters. The average Bonchev–Trinajstić information content (AvgIpc) is 2.35. The highest BCUT2D eigenvalue weighted by Gasteiger charge is 2.16. The minimum atomic E-state index is -0.423. The first-order valence-corrected chi connectivity index (χ1v) is 5.94. The van der Waals surface area contributed by atoms with Gasteiger partial charge in [0.25, 0.3) is 0 Å². The Morgan fingerprint density at radius 2 is 1.78 bits per heavy atom. The smallest absolute Gasteiger partial charge is 0.194 e. The lowest BCUT2D eigenvalue weighted by Crippen LogP contribution is -2.05. The van der Waals surface area contributed by atoms with Crippen molar-refractivity contribution in [2.24, 2.45) is 0 Å². The normalized spacial score (nSPS) is 10.4. The van der Waals surface area contributed by atoms with Gasteiger partial charge in [-0.1, -0.05) is 29.8 Å². The summed E-state index contributed by atoms with van der Waals surface area (Å²) < 4.78 is 13.2. The van der Waals surface area contributed by atoms with Crippen molar-refractivity contribution in [3.63, 3.8) is 0 Å². The number of carbonyl (C=O) groups is 1. The molecule has 0 saturated carbocycles. The Bertz CT molecular complexity index is 616. The van der Waals surface area contributed by atoms with E-state index in [-0.39, 0.29) is 5.78 Å². The summed E-state index contributed by atoms with van der Waals surface area (Å²) in [5.41, 5.74) is 2.32. The Labute approximate surface area is 110 Å². The van der Waals surface area contributed by atoms with Gasteiger partial charge in [-0.3, -0.25) is 4.79 Å². The molecule has 2 aromatic rings. The number of ketones is 1. The fourth-order valence-electron chi connectivity index (χ4n) is 1.81. The molecule has 0 aliphatic carbocycles. The van der Waals surface area contributed by atoms with E-state index in [0.717, 1.165) is 11.1 Å². The number of rotatable bonds is 2. The van der Waals surface area contributed by atoms with Gasteiger partial charge in [-0.25, -0.2) is 4.39 Å². The van der Waals surface area contributed by atoms with Crippen LogP contribution >= 0.6 is 11.6 Å². The average molecular weight is 263 g/mol. The van der Waals surface area contributed by atoms with Crippen molar-refractivity contribution >= 4 is 17.4 Å². The van der Waals surface area contributed by atoms with E-state index in [9.17, 15) is 9.18 Å². The minimum Gasteiger partial charge on any atom is -0.289 e. The minimum absolute atomic E-state index is 0.249. The van der Waals surface area contributed by atoms with E-state index in [2.05, 4.69) is 0 Å². The molecular weight excluding hydrogens is 251 g/mol. The summed E-state index contributed by atoms with van der Waals surface area (Å²) in [5.74, 6) is -0.673. The molecule has 2 aromatic carbocycles. The van der Waals surface area contributed by atoms with Crippen LogP contribution in [0.3, 0.4) is 0 Å². The molecule has 0 spiro atoms. The molecule has 0 radical (unpaired) electrons. The lowest BCUT2D eigenvalue weighted by Gasteiger charge is -2.08. The zero-order valence-corrected chi connectivity index (χ0v) is 10.9. The van der Waals surface area contributed by atoms with Gasteiger partial charge in [0.2, 0.25) is 0 Å². The first-order valence-electron chi connectivity index (χ1n) is 5.56. The van der Waals surface area contributed by atoms with Gasteiger partial charge in [0, 0.05) is 11.1 Å². The molecule has 0 amide bonds. The van der Waals surface area contributed by atoms with Crippen molar-refractivity contribution in [3.8, 4) is 0 Å². The van der Waals surface area contributed by atoms with Crippen LogP contribution in [-0.2, 0) is 0 Å². The van der Waals surface area contributed by atoms with Gasteiger partial charge in [0.15, 0.2) is 5.78 Å². The maximum Gasteiger partial charge on any atom is 0.194 e. The summed E-state index contributed by atoms with van der Waals surface area (Å²) in [6, 6.07) is 9.43. The quantitative estimate of drug-likeness (QED) is 0.737. The van der Waals surface area contributed by atoms with Crippen molar-refractivity contribution in [1.82, 2.24) is 0 Å². The Morgan fingerprint density at radius 3 is 2.50 bits per heavy atom. The van der Waals surface area contributed by atoms with Crippen LogP contribution in [0.25, 0.3) is 0 Å². The van der Waals surface area contributed by atoms with Gasteiger partial charge in [-0.2, -0.15) is 0 Å². The first-order chi connectivity index (χ1) is 8.50. The SMILES string of the molecule is Cc1ccc(F)cc1C(=O)c1cccc(C)c1Cl. The van der Waals surface area contributed by atoms with Crippen molar-refractivity contribution in [3.05, 3.63) is 69.5 Å². The molecule has 18 heavy (non-hydrogen) atoms. The van der Waals surface area contributed by atoms with Crippen molar-refractivity contribution in [1.29, 1.82) is 0 Å². The number of aryl methyl sites for hydroxylation is 2. The Morgan fingerprint density at radius 1 is 1.06 bits per heavy atom. The van der Waals surface area contributed by atoms with Gasteiger partial charge in [0.05, 0.1) is 5.02 Å². The molecule has 0 aliphatic heterocycles. The Balaban J connectivity index is 2.55. The third-order valence-electron chi connectivity index (χ3n) is 2.88. The summed E-state index contributed by atoms with van der Waals surface area (Å²) in [5, 5.41) is 0.422. The zero-order valence-electron chi connectivity index (χ0n) is 10.1. The van der Waals surface area contributed by atoms with E-state index in [4.69, 9.17) is 11.6 Å². The second-order valence-corrected chi connectivity index (χ2v) is 4.60. The fraction of sp³-hybridized carbons (Fsp3) is 0.133. The summed E-state index contributed by atoms with van der Waals surface area (Å²) >= 11 is 6.12. The molecule has 0 saturated heterocycles. The molecule has 0 N–H and O–H groups in total. The highest BCUT2D eigenvalue weighted by atomic mass is 35.5. The number of hydrogen-bond donors (Lipinski definition) is 0. The second-order valence-electron chi connectivity index (χ2n) is 4.22. The van der Waals surface area contributed by atoms with Crippen molar-refractivity contribution in [2.75, 3.05) is 0 Å². The summed E-state index contributed by atoms with van der Waals surface area (Å²) in [7, 11) is 0. The molecule has 0 aliphatic rings. The summed E-state index contributed by atoms with van der Waals surface area (Å²) in [6.07, 6.45) is 0. The van der Waals surface area contributed by atoms with E-state index in [0.29, 0.717) is 16.1 Å². The molecule has 0 heterocycles. The number of carbonyl (C=O) groups excluding carboxylic acids is 1. The molecule has 0 unspecified atom stereocenters. The van der Waals surface area contributed by atoms with Crippen LogP contribution in [0.15, 0.2) is 36.4 Å². The van der Waals surface area contributed by atoms with E-state index < -0.39 is 5.82 Å². The molecular formula is C15H12ClFO. The third kappa shape index (κ3) is 2.29. The maximum absolute atomic E-state index is 13.2. The molecule has 1 nitrogen and oxygen atoms in total. The predicted octanol–water partition coefficient (Wildman–Crippen LogP) is 4.33. The van der Waals surface area contributed by atoms with E-state index >= 15 is 0 Å². The van der Waals surface area contributed by atoms with E-state index in [1.807, 2.05) is 13.0 Å². The van der Waals surface area contributed by atoms with Gasteiger partial charge in [-0.15, -0.1) is 0 Å². The van der Waals surface area contributed by atoms with Crippen molar-refractivity contribution in [2.45, 2.75) is 13.8 Å². The van der Waals surface area contributed by atoms with Crippen LogP contribution in [0, 0.1) is 19.7 Å². The summed E-state index contributed by atoms with van der Waals surface area (Å²) in [6.45, 7) is 3.61. The van der Waals surface area contributed by atoms with Crippen LogP contribution in [0.1, 0.15) is 27.0 Å². The van der Waals surface area contributed by atoms with Crippen LogP contribution in [-0.4, -0.2) is 5.78 Å². The van der Waals surface area contributed by atoms with E-state index in [1.54, 1.807) is 25.1 Å². The third-order valence-corrected chi connectivity index (χ3v) is 3.38. The van der Waals surface area contributed by atoms with Crippen LogP contribution in [0.5, 0.6) is 0 Å². The van der Waals surface area contributed by atoms with E-state index in [1.165, 1.54) is 12.1 Å². The van der Waals surface area contributed by atoms with Crippen LogP contribution in [0.2, 0.25) is 5.02 Å². The van der Waals surface area contributed by atoms with Gasteiger partial charge >= 0.3 is 0 Å². The molecule has 92 valence electrons. The fourth-order valence-corrected chi connectivity index (χ4v) is 2.02. The Kier molecular flexibility index (Phi) is 3.48. The molecule has 2 rings (SSSR count). The highest BCUT2D eigenvalue weighted by Crippen LogP contribution is 2.24. The Hall–Kier alpha value is -1.67. The van der Waals surface area contributed by atoms with Gasteiger partial charge < -0.3 is 0 Å². The molecule has 0 aromatic heterocycles. The number of benzene rings is 2. The molecule has 3 heteroatoms. The first kappa shape index (κ1) is 12.8. The lowest BCUT2D eigenvalue weighted by atomic mass is 9.98. The topological polar surface area (TPSA) is 17.1 Å². The van der Waals surface area contributed by atoms with Crippen molar-refractivity contribution < 1.29 is 9.18 Å². The maximum atomic E-state index is 13.2. The standard InChI is InChI=1S/C15H12ClFO/c1-9-6-7-11(17)8-13(9)15(18)12-5-3-4-10(2)14(12)16/h3-8H,1-2H3. The van der Waals surface area contributed by atoms with Crippen LogP contribution < -0.4 is 0 Å². The molecule has 0 bridgehead atoms. The number of halogens is 2. The molecule has 0 fully saturated rings.